The summed E-state index contributed by atoms with van der Waals surface area (Å²) in [5.41, 5.74) is 3.28. The van der Waals surface area contributed by atoms with Crippen LogP contribution in [0.5, 0.6) is 0 Å². The number of nitrogens with zero attached hydrogens (tertiary/aromatic N) is 1. The Kier molecular flexibility index (Phi) is 4.23. The van der Waals surface area contributed by atoms with E-state index in [1.165, 1.54) is 5.57 Å². The van der Waals surface area contributed by atoms with E-state index in [4.69, 9.17) is 4.74 Å². The third kappa shape index (κ3) is 3.19. The van der Waals surface area contributed by atoms with Gasteiger partial charge in [-0.05, 0) is 45.9 Å². The number of esters is 1. The quantitative estimate of drug-likeness (QED) is 0.733. The molecule has 0 bridgehead atoms. The fourth-order valence-electron chi connectivity index (χ4n) is 1.38. The van der Waals surface area contributed by atoms with Gasteiger partial charge in [-0.15, -0.1) is 0 Å². The first-order chi connectivity index (χ1) is 7.54. The maximum Gasteiger partial charge on any atom is 0.339 e. The highest BCUT2D eigenvalue weighted by Crippen LogP contribution is 2.11. The Morgan fingerprint density at radius 2 is 2.12 bits per heavy atom. The molecule has 0 saturated heterocycles. The number of ether oxygens (including phenoxy) is 1. The van der Waals surface area contributed by atoms with Crippen LogP contribution in [0.25, 0.3) is 6.08 Å². The van der Waals surface area contributed by atoms with Gasteiger partial charge in [0.2, 0.25) is 0 Å². The summed E-state index contributed by atoms with van der Waals surface area (Å²) < 4.78 is 4.94. The lowest BCUT2D eigenvalue weighted by Gasteiger charge is -2.05. The zero-order valence-electron chi connectivity index (χ0n) is 10.2. The largest absolute Gasteiger partial charge is 0.462 e. The number of pyridine rings is 1. The third-order valence-electron chi connectivity index (χ3n) is 2.04. The standard InChI is InChI=1S/C13H17NO2/c1-5-16-13(15)12-7-6-11(8-9(2)3)14-10(12)4/h6-8H,5H2,1-4H3. The number of hydrogen-bond donors (Lipinski definition) is 0. The van der Waals surface area contributed by atoms with E-state index in [0.717, 1.165) is 5.69 Å². The Morgan fingerprint density at radius 1 is 1.44 bits per heavy atom. The van der Waals surface area contributed by atoms with Crippen molar-refractivity contribution in [2.24, 2.45) is 0 Å². The van der Waals surface area contributed by atoms with Crippen LogP contribution in [0.1, 0.15) is 42.5 Å². The molecule has 1 heterocycles. The van der Waals surface area contributed by atoms with Crippen molar-refractivity contribution in [3.63, 3.8) is 0 Å². The Hall–Kier alpha value is -1.64. The van der Waals surface area contributed by atoms with Gasteiger partial charge in [0.25, 0.3) is 0 Å². The van der Waals surface area contributed by atoms with E-state index >= 15 is 0 Å². The third-order valence-corrected chi connectivity index (χ3v) is 2.04. The van der Waals surface area contributed by atoms with Crippen molar-refractivity contribution in [3.05, 3.63) is 34.7 Å². The molecule has 0 unspecified atom stereocenters. The molecular weight excluding hydrogens is 202 g/mol. The van der Waals surface area contributed by atoms with Crippen LogP contribution < -0.4 is 0 Å². The fraction of sp³-hybridized carbons (Fsp3) is 0.385. The van der Waals surface area contributed by atoms with Gasteiger partial charge >= 0.3 is 5.97 Å². The van der Waals surface area contributed by atoms with Gasteiger partial charge in [-0.25, -0.2) is 4.79 Å². The second-order valence-electron chi connectivity index (χ2n) is 3.81. The molecule has 1 rings (SSSR count). The summed E-state index contributed by atoms with van der Waals surface area (Å²) in [4.78, 5) is 15.9. The van der Waals surface area contributed by atoms with Crippen molar-refractivity contribution in [2.75, 3.05) is 6.61 Å². The zero-order chi connectivity index (χ0) is 12.1. The van der Waals surface area contributed by atoms with E-state index in [2.05, 4.69) is 4.98 Å². The van der Waals surface area contributed by atoms with Crippen LogP contribution in [0.2, 0.25) is 0 Å². The Morgan fingerprint density at radius 3 is 2.62 bits per heavy atom. The van der Waals surface area contributed by atoms with Crippen LogP contribution in [0.15, 0.2) is 17.7 Å². The number of rotatable bonds is 3. The number of carbonyl (C=O) groups is 1. The summed E-state index contributed by atoms with van der Waals surface area (Å²) >= 11 is 0. The minimum absolute atomic E-state index is 0.309. The predicted molar refractivity (Wildman–Crippen MR) is 64.3 cm³/mol. The van der Waals surface area contributed by atoms with E-state index < -0.39 is 0 Å². The molecule has 0 N–H and O–H groups in total. The molecule has 0 fully saturated rings. The normalized spacial score (nSPS) is 9.75. The van der Waals surface area contributed by atoms with Gasteiger partial charge in [-0.2, -0.15) is 0 Å². The molecule has 86 valence electrons. The highest BCUT2D eigenvalue weighted by molar-refractivity contribution is 5.90. The maximum absolute atomic E-state index is 11.5. The molecule has 0 aliphatic rings. The maximum atomic E-state index is 11.5. The monoisotopic (exact) mass is 219 g/mol. The van der Waals surface area contributed by atoms with Gasteiger partial charge in [0, 0.05) is 0 Å². The van der Waals surface area contributed by atoms with E-state index in [-0.39, 0.29) is 5.97 Å². The summed E-state index contributed by atoms with van der Waals surface area (Å²) in [6, 6.07) is 3.58. The lowest BCUT2D eigenvalue weighted by molar-refractivity contribution is 0.0525. The van der Waals surface area contributed by atoms with E-state index in [9.17, 15) is 4.79 Å². The van der Waals surface area contributed by atoms with Gasteiger partial charge in [-0.1, -0.05) is 5.57 Å². The van der Waals surface area contributed by atoms with E-state index in [0.29, 0.717) is 17.9 Å². The van der Waals surface area contributed by atoms with Crippen molar-refractivity contribution in [3.8, 4) is 0 Å². The number of aryl methyl sites for hydroxylation is 1. The Balaban J connectivity index is 3.00. The predicted octanol–water partition coefficient (Wildman–Crippen LogP) is 2.99. The summed E-state index contributed by atoms with van der Waals surface area (Å²) in [6.45, 7) is 8.01. The Bertz CT molecular complexity index is 418. The van der Waals surface area contributed by atoms with Crippen molar-refractivity contribution in [2.45, 2.75) is 27.7 Å². The summed E-state index contributed by atoms with van der Waals surface area (Å²) in [6.07, 6.45) is 1.97. The molecule has 0 radical (unpaired) electrons. The minimum atomic E-state index is -0.309. The molecule has 0 aliphatic carbocycles. The van der Waals surface area contributed by atoms with Crippen molar-refractivity contribution in [1.29, 1.82) is 0 Å². The smallest absolute Gasteiger partial charge is 0.339 e. The highest BCUT2D eigenvalue weighted by atomic mass is 16.5. The highest BCUT2D eigenvalue weighted by Gasteiger charge is 2.10. The SMILES string of the molecule is CCOC(=O)c1ccc(C=C(C)C)nc1C. The average Bonchev–Trinajstić information content (AvgIpc) is 2.16. The lowest BCUT2D eigenvalue weighted by atomic mass is 10.1. The van der Waals surface area contributed by atoms with Gasteiger partial charge in [0.05, 0.1) is 23.6 Å². The summed E-state index contributed by atoms with van der Waals surface area (Å²) in [7, 11) is 0. The zero-order valence-corrected chi connectivity index (χ0v) is 10.2. The molecule has 1 aromatic heterocycles. The first-order valence-electron chi connectivity index (χ1n) is 5.34. The van der Waals surface area contributed by atoms with Crippen molar-refractivity contribution >= 4 is 12.0 Å². The fourth-order valence-corrected chi connectivity index (χ4v) is 1.38. The van der Waals surface area contributed by atoms with Crippen LogP contribution in [-0.4, -0.2) is 17.6 Å². The molecule has 16 heavy (non-hydrogen) atoms. The molecular formula is C13H17NO2. The molecule has 0 spiro atoms. The molecule has 0 atom stereocenters. The van der Waals surface area contributed by atoms with E-state index in [1.54, 1.807) is 13.0 Å². The Labute approximate surface area is 96.2 Å². The second kappa shape index (κ2) is 5.45. The molecule has 0 saturated carbocycles. The van der Waals surface area contributed by atoms with Gasteiger partial charge < -0.3 is 4.74 Å². The van der Waals surface area contributed by atoms with Gasteiger partial charge in [0.1, 0.15) is 0 Å². The van der Waals surface area contributed by atoms with Crippen molar-refractivity contribution in [1.82, 2.24) is 4.98 Å². The lowest BCUT2D eigenvalue weighted by Crippen LogP contribution is -2.08. The topological polar surface area (TPSA) is 39.2 Å². The van der Waals surface area contributed by atoms with Crippen LogP contribution in [0, 0.1) is 6.92 Å². The van der Waals surface area contributed by atoms with E-state index in [1.807, 2.05) is 32.9 Å². The van der Waals surface area contributed by atoms with Crippen LogP contribution in [0.3, 0.4) is 0 Å². The molecule has 0 amide bonds. The van der Waals surface area contributed by atoms with Crippen molar-refractivity contribution < 1.29 is 9.53 Å². The van der Waals surface area contributed by atoms with Gasteiger partial charge in [0.15, 0.2) is 0 Å². The van der Waals surface area contributed by atoms with Crippen LogP contribution >= 0.6 is 0 Å². The average molecular weight is 219 g/mol. The second-order valence-corrected chi connectivity index (χ2v) is 3.81. The first kappa shape index (κ1) is 12.4. The van der Waals surface area contributed by atoms with Gasteiger partial charge in [-0.3, -0.25) is 4.98 Å². The number of aromatic nitrogens is 1. The van der Waals surface area contributed by atoms with Crippen LogP contribution in [0.4, 0.5) is 0 Å². The molecule has 0 aromatic carbocycles. The first-order valence-corrected chi connectivity index (χ1v) is 5.34. The molecule has 1 aromatic rings. The van der Waals surface area contributed by atoms with Crippen LogP contribution in [-0.2, 0) is 4.74 Å². The number of carbonyl (C=O) groups excluding carboxylic acids is 1. The molecule has 0 aliphatic heterocycles. The number of allylic oxidation sites excluding steroid dienone is 1. The summed E-state index contributed by atoms with van der Waals surface area (Å²) in [5, 5.41) is 0. The molecule has 3 nitrogen and oxygen atoms in total. The number of hydrogen-bond acceptors (Lipinski definition) is 3. The molecule has 3 heteroatoms. The summed E-state index contributed by atoms with van der Waals surface area (Å²) in [5.74, 6) is -0.309. The minimum Gasteiger partial charge on any atom is -0.462 e.